The van der Waals surface area contributed by atoms with E-state index in [-0.39, 0.29) is 11.9 Å². The molecule has 1 amide bonds. The minimum atomic E-state index is -3.45. The Kier molecular flexibility index (Phi) is 5.99. The lowest BCUT2D eigenvalue weighted by Gasteiger charge is -2.39. The number of piperazine rings is 1. The second kappa shape index (κ2) is 8.06. The first kappa shape index (κ1) is 19.3. The molecular formula is C19H29N3O3S. The minimum Gasteiger partial charge on any atom is -0.341 e. The molecule has 26 heavy (non-hydrogen) atoms. The number of carbonyl (C=O) groups is 1. The summed E-state index contributed by atoms with van der Waals surface area (Å²) in [7, 11) is -3.45. The fourth-order valence-electron chi connectivity index (χ4n) is 3.72. The number of sulfonamides is 1. The van der Waals surface area contributed by atoms with Crippen LogP contribution in [-0.4, -0.2) is 73.7 Å². The average molecular weight is 380 g/mol. The van der Waals surface area contributed by atoms with Crippen molar-refractivity contribution in [1.29, 1.82) is 0 Å². The third-order valence-corrected chi connectivity index (χ3v) is 7.57. The minimum absolute atomic E-state index is 0.177. The second-order valence-electron chi connectivity index (χ2n) is 7.44. The van der Waals surface area contributed by atoms with E-state index in [0.717, 1.165) is 25.9 Å². The zero-order valence-electron chi connectivity index (χ0n) is 15.7. The summed E-state index contributed by atoms with van der Waals surface area (Å²) in [5.74, 6) is 0.873. The largest absolute Gasteiger partial charge is 0.341 e. The van der Waals surface area contributed by atoms with Gasteiger partial charge in [-0.3, -0.25) is 9.69 Å². The number of likely N-dealkylation sites (tertiary alicyclic amines) is 1. The molecule has 0 N–H and O–H groups in total. The highest BCUT2D eigenvalue weighted by Crippen LogP contribution is 2.20. The zero-order chi connectivity index (χ0) is 18.7. The lowest BCUT2D eigenvalue weighted by molar-refractivity contribution is -0.138. The Morgan fingerprint density at radius 1 is 1.00 bits per heavy atom. The summed E-state index contributed by atoms with van der Waals surface area (Å²) in [6.07, 6.45) is 2.14. The molecule has 1 atom stereocenters. The Labute approximate surface area is 156 Å². The van der Waals surface area contributed by atoms with Crippen LogP contribution in [0.2, 0.25) is 0 Å². The second-order valence-corrected chi connectivity index (χ2v) is 9.37. The summed E-state index contributed by atoms with van der Waals surface area (Å²) in [5, 5.41) is 0. The van der Waals surface area contributed by atoms with E-state index >= 15 is 0 Å². The van der Waals surface area contributed by atoms with Gasteiger partial charge in [0.25, 0.3) is 0 Å². The molecule has 0 radical (unpaired) electrons. The average Bonchev–Trinajstić information content (AvgIpc) is 2.68. The highest BCUT2D eigenvalue weighted by atomic mass is 32.2. The molecule has 0 bridgehead atoms. The quantitative estimate of drug-likeness (QED) is 0.798. The summed E-state index contributed by atoms with van der Waals surface area (Å²) in [6, 6.07) is 8.36. The number of piperidine rings is 1. The summed E-state index contributed by atoms with van der Waals surface area (Å²) < 4.78 is 26.9. The van der Waals surface area contributed by atoms with Crippen molar-refractivity contribution < 1.29 is 13.2 Å². The molecule has 1 aromatic rings. The summed E-state index contributed by atoms with van der Waals surface area (Å²) >= 11 is 0. The highest BCUT2D eigenvalue weighted by Gasteiger charge is 2.33. The van der Waals surface area contributed by atoms with Gasteiger partial charge in [-0.15, -0.1) is 0 Å². The number of benzene rings is 1. The van der Waals surface area contributed by atoms with Crippen molar-refractivity contribution in [3.63, 3.8) is 0 Å². The smallest absolute Gasteiger partial charge is 0.243 e. The van der Waals surface area contributed by atoms with E-state index in [2.05, 4.69) is 11.8 Å². The van der Waals surface area contributed by atoms with Crippen molar-refractivity contribution in [2.24, 2.45) is 5.92 Å². The van der Waals surface area contributed by atoms with Crippen molar-refractivity contribution in [3.8, 4) is 0 Å². The van der Waals surface area contributed by atoms with Crippen LogP contribution >= 0.6 is 0 Å². The van der Waals surface area contributed by atoms with Gasteiger partial charge in [0.1, 0.15) is 0 Å². The predicted octanol–water partition coefficient (Wildman–Crippen LogP) is 1.64. The standard InChI is InChI=1S/C19H29N3O3S/c1-16-8-10-21(11-9-16)19(23)17(2)20-12-14-22(15-13-20)26(24,25)18-6-4-3-5-7-18/h3-7,16-17H,8-15H2,1-2H3. The van der Waals surface area contributed by atoms with Gasteiger partial charge in [0.05, 0.1) is 10.9 Å². The molecule has 6 nitrogen and oxygen atoms in total. The third-order valence-electron chi connectivity index (χ3n) is 5.65. The first-order valence-corrected chi connectivity index (χ1v) is 10.9. The van der Waals surface area contributed by atoms with Crippen molar-refractivity contribution in [1.82, 2.24) is 14.1 Å². The van der Waals surface area contributed by atoms with E-state index in [1.165, 1.54) is 4.31 Å². The maximum absolute atomic E-state index is 12.8. The number of hydrogen-bond donors (Lipinski definition) is 0. The molecule has 0 aromatic heterocycles. The van der Waals surface area contributed by atoms with Crippen LogP contribution in [0, 0.1) is 5.92 Å². The first-order valence-electron chi connectivity index (χ1n) is 9.47. The molecule has 1 aromatic carbocycles. The molecule has 2 aliphatic heterocycles. The summed E-state index contributed by atoms with van der Waals surface area (Å²) in [5.41, 5.74) is 0. The van der Waals surface area contributed by atoms with Gasteiger partial charge in [-0.2, -0.15) is 4.31 Å². The van der Waals surface area contributed by atoms with Crippen LogP contribution in [0.15, 0.2) is 35.2 Å². The Hall–Kier alpha value is -1.44. The van der Waals surface area contributed by atoms with Crippen LogP contribution in [0.1, 0.15) is 26.7 Å². The van der Waals surface area contributed by atoms with Gasteiger partial charge in [-0.1, -0.05) is 25.1 Å². The van der Waals surface area contributed by atoms with Crippen LogP contribution in [-0.2, 0) is 14.8 Å². The molecule has 2 aliphatic rings. The topological polar surface area (TPSA) is 60.9 Å². The Morgan fingerprint density at radius 2 is 1.58 bits per heavy atom. The number of hydrogen-bond acceptors (Lipinski definition) is 4. The monoisotopic (exact) mass is 379 g/mol. The molecule has 2 saturated heterocycles. The SMILES string of the molecule is CC1CCN(C(=O)C(C)N2CCN(S(=O)(=O)c3ccccc3)CC2)CC1. The number of amides is 1. The predicted molar refractivity (Wildman–Crippen MR) is 101 cm³/mol. The highest BCUT2D eigenvalue weighted by molar-refractivity contribution is 7.89. The number of carbonyl (C=O) groups excluding carboxylic acids is 1. The first-order chi connectivity index (χ1) is 12.4. The van der Waals surface area contributed by atoms with E-state index in [4.69, 9.17) is 0 Å². The van der Waals surface area contributed by atoms with Crippen LogP contribution in [0.5, 0.6) is 0 Å². The lowest BCUT2D eigenvalue weighted by atomic mass is 9.98. The van der Waals surface area contributed by atoms with E-state index in [1.54, 1.807) is 24.3 Å². The Morgan fingerprint density at radius 3 is 2.15 bits per heavy atom. The van der Waals surface area contributed by atoms with Gasteiger partial charge in [0.15, 0.2) is 0 Å². The van der Waals surface area contributed by atoms with Gasteiger partial charge >= 0.3 is 0 Å². The van der Waals surface area contributed by atoms with Gasteiger partial charge in [-0.25, -0.2) is 8.42 Å². The molecule has 7 heteroatoms. The lowest BCUT2D eigenvalue weighted by Crippen LogP contribution is -2.56. The Bertz CT molecular complexity index is 707. The van der Waals surface area contributed by atoms with Crippen LogP contribution in [0.3, 0.4) is 0 Å². The van der Waals surface area contributed by atoms with Crippen molar-refractivity contribution in [3.05, 3.63) is 30.3 Å². The van der Waals surface area contributed by atoms with Gasteiger partial charge < -0.3 is 4.90 Å². The van der Waals surface area contributed by atoms with Gasteiger partial charge in [0.2, 0.25) is 15.9 Å². The van der Waals surface area contributed by atoms with Gasteiger partial charge in [-0.05, 0) is 37.8 Å². The van der Waals surface area contributed by atoms with Crippen LogP contribution in [0.4, 0.5) is 0 Å². The van der Waals surface area contributed by atoms with Crippen LogP contribution < -0.4 is 0 Å². The van der Waals surface area contributed by atoms with Crippen molar-refractivity contribution in [2.75, 3.05) is 39.3 Å². The van der Waals surface area contributed by atoms with Crippen molar-refractivity contribution >= 4 is 15.9 Å². The molecule has 3 rings (SSSR count). The molecule has 2 heterocycles. The normalized spacial score (nSPS) is 22.3. The van der Waals surface area contributed by atoms with Gasteiger partial charge in [0, 0.05) is 39.3 Å². The fourth-order valence-corrected chi connectivity index (χ4v) is 5.17. The molecule has 0 spiro atoms. The van der Waals surface area contributed by atoms with E-state index in [1.807, 2.05) is 17.9 Å². The maximum atomic E-state index is 12.8. The zero-order valence-corrected chi connectivity index (χ0v) is 16.5. The number of nitrogens with zero attached hydrogens (tertiary/aromatic N) is 3. The molecular weight excluding hydrogens is 350 g/mol. The third kappa shape index (κ3) is 4.10. The molecule has 2 fully saturated rings. The van der Waals surface area contributed by atoms with E-state index in [0.29, 0.717) is 37.0 Å². The molecule has 0 aliphatic carbocycles. The molecule has 1 unspecified atom stereocenters. The number of rotatable bonds is 4. The summed E-state index contributed by atoms with van der Waals surface area (Å²) in [6.45, 7) is 7.88. The van der Waals surface area contributed by atoms with Crippen LogP contribution in [0.25, 0.3) is 0 Å². The molecule has 0 saturated carbocycles. The maximum Gasteiger partial charge on any atom is 0.243 e. The molecule has 144 valence electrons. The van der Waals surface area contributed by atoms with E-state index < -0.39 is 10.0 Å². The Balaban J connectivity index is 1.57. The fraction of sp³-hybridized carbons (Fsp3) is 0.632. The summed E-state index contributed by atoms with van der Waals surface area (Å²) in [4.78, 5) is 17.2. The van der Waals surface area contributed by atoms with Crippen molar-refractivity contribution in [2.45, 2.75) is 37.6 Å². The van der Waals surface area contributed by atoms with E-state index in [9.17, 15) is 13.2 Å².